The molecule has 72 valence electrons. The van der Waals surface area contributed by atoms with Crippen LogP contribution in [0.5, 0.6) is 0 Å². The van der Waals surface area contributed by atoms with Gasteiger partial charge in [-0.05, 0) is 18.9 Å². The van der Waals surface area contributed by atoms with Gasteiger partial charge in [-0.1, -0.05) is 6.08 Å². The highest BCUT2D eigenvalue weighted by molar-refractivity contribution is 5.51. The molecular weight excluding hydrogens is 183 g/mol. The normalized spacial score (nSPS) is 17.5. The predicted molar refractivity (Wildman–Crippen MR) is 40.7 cm³/mol. The van der Waals surface area contributed by atoms with E-state index in [4.69, 9.17) is 0 Å². The summed E-state index contributed by atoms with van der Waals surface area (Å²) < 4.78 is 36.4. The van der Waals surface area contributed by atoms with Crippen molar-refractivity contribution in [3.63, 3.8) is 0 Å². The number of carbonyl (C=O) groups excluding carboxylic acids is 1. The fourth-order valence-electron chi connectivity index (χ4n) is 1.09. The lowest BCUT2D eigenvalue weighted by Gasteiger charge is -2.14. The lowest BCUT2D eigenvalue weighted by atomic mass is 10.0. The summed E-state index contributed by atoms with van der Waals surface area (Å²) in [6, 6.07) is 0. The van der Waals surface area contributed by atoms with Crippen LogP contribution < -0.4 is 5.32 Å². The molecule has 0 bridgehead atoms. The standard InChI is InChI=1S/C8H8F3NO/c9-8(10,11)6-2-1-3-7(4-6)12-5-13/h2,4-5H,1,3H2,(H,12,13). The van der Waals surface area contributed by atoms with Gasteiger partial charge in [-0.3, -0.25) is 4.79 Å². The maximum atomic E-state index is 12.1. The first-order chi connectivity index (χ1) is 6.04. The topological polar surface area (TPSA) is 29.1 Å². The largest absolute Gasteiger partial charge is 0.416 e. The first kappa shape index (κ1) is 9.83. The number of amides is 1. The Hall–Kier alpha value is -1.26. The van der Waals surface area contributed by atoms with Gasteiger partial charge in [0.2, 0.25) is 6.41 Å². The van der Waals surface area contributed by atoms with Crippen LogP contribution in [0, 0.1) is 0 Å². The fraction of sp³-hybridized carbons (Fsp3) is 0.375. The van der Waals surface area contributed by atoms with Gasteiger partial charge in [-0.15, -0.1) is 0 Å². The van der Waals surface area contributed by atoms with Crippen molar-refractivity contribution in [3.8, 4) is 0 Å². The van der Waals surface area contributed by atoms with Gasteiger partial charge in [-0.25, -0.2) is 0 Å². The van der Waals surface area contributed by atoms with E-state index in [0.29, 0.717) is 24.9 Å². The first-order valence-corrected chi connectivity index (χ1v) is 3.72. The summed E-state index contributed by atoms with van der Waals surface area (Å²) in [5, 5.41) is 2.23. The van der Waals surface area contributed by atoms with Crippen LogP contribution in [-0.4, -0.2) is 12.6 Å². The molecular formula is C8H8F3NO. The van der Waals surface area contributed by atoms with Crippen LogP contribution in [0.15, 0.2) is 23.4 Å². The van der Waals surface area contributed by atoms with E-state index >= 15 is 0 Å². The van der Waals surface area contributed by atoms with E-state index in [-0.39, 0.29) is 0 Å². The van der Waals surface area contributed by atoms with Gasteiger partial charge in [0, 0.05) is 5.70 Å². The summed E-state index contributed by atoms with van der Waals surface area (Å²) in [6.45, 7) is 0. The molecule has 0 saturated heterocycles. The molecule has 13 heavy (non-hydrogen) atoms. The molecule has 2 nitrogen and oxygen atoms in total. The quantitative estimate of drug-likeness (QED) is 0.663. The van der Waals surface area contributed by atoms with Crippen LogP contribution in [-0.2, 0) is 4.79 Å². The third-order valence-corrected chi connectivity index (χ3v) is 1.68. The summed E-state index contributed by atoms with van der Waals surface area (Å²) in [5.41, 5.74) is -0.382. The Bertz CT molecular complexity index is 265. The number of alkyl halides is 3. The molecule has 0 saturated carbocycles. The van der Waals surface area contributed by atoms with Crippen molar-refractivity contribution in [3.05, 3.63) is 23.4 Å². The molecule has 0 fully saturated rings. The zero-order valence-electron chi connectivity index (χ0n) is 6.69. The predicted octanol–water partition coefficient (Wildman–Crippen LogP) is 1.90. The molecule has 0 radical (unpaired) electrons. The monoisotopic (exact) mass is 191 g/mol. The summed E-state index contributed by atoms with van der Waals surface area (Å²) in [6.07, 6.45) is -1.12. The fourth-order valence-corrected chi connectivity index (χ4v) is 1.09. The van der Waals surface area contributed by atoms with Crippen LogP contribution in [0.2, 0.25) is 0 Å². The van der Waals surface area contributed by atoms with Crippen molar-refractivity contribution in [1.29, 1.82) is 0 Å². The number of hydrogen-bond acceptors (Lipinski definition) is 1. The van der Waals surface area contributed by atoms with Crippen molar-refractivity contribution in [1.82, 2.24) is 5.32 Å². The van der Waals surface area contributed by atoms with Gasteiger partial charge < -0.3 is 5.32 Å². The summed E-state index contributed by atoms with van der Waals surface area (Å²) >= 11 is 0. The molecule has 5 heteroatoms. The zero-order valence-corrected chi connectivity index (χ0v) is 6.69. The average Bonchev–Trinajstić information content (AvgIpc) is 2.04. The number of rotatable bonds is 2. The van der Waals surface area contributed by atoms with Gasteiger partial charge in [-0.2, -0.15) is 13.2 Å². The number of hydrogen-bond donors (Lipinski definition) is 1. The minimum absolute atomic E-state index is 0.307. The van der Waals surface area contributed by atoms with Crippen LogP contribution in [0.3, 0.4) is 0 Å². The van der Waals surface area contributed by atoms with E-state index in [1.165, 1.54) is 0 Å². The molecule has 1 N–H and O–H groups in total. The second kappa shape index (κ2) is 3.64. The molecule has 1 aliphatic carbocycles. The van der Waals surface area contributed by atoms with Crippen LogP contribution in [0.4, 0.5) is 13.2 Å². The van der Waals surface area contributed by atoms with Crippen LogP contribution >= 0.6 is 0 Å². The molecule has 1 aliphatic rings. The lowest BCUT2D eigenvalue weighted by Crippen LogP contribution is -2.17. The number of allylic oxidation sites excluding steroid dienone is 4. The van der Waals surface area contributed by atoms with Gasteiger partial charge >= 0.3 is 6.18 Å². The molecule has 0 atom stereocenters. The smallest absolute Gasteiger partial charge is 0.332 e. The summed E-state index contributed by atoms with van der Waals surface area (Å²) in [4.78, 5) is 9.98. The highest BCUT2D eigenvalue weighted by atomic mass is 19.4. The molecule has 0 spiro atoms. The minimum Gasteiger partial charge on any atom is -0.332 e. The first-order valence-electron chi connectivity index (χ1n) is 3.72. The van der Waals surface area contributed by atoms with Gasteiger partial charge in [0.05, 0.1) is 5.57 Å². The van der Waals surface area contributed by atoms with Gasteiger partial charge in [0.15, 0.2) is 0 Å². The molecule has 0 unspecified atom stereocenters. The summed E-state index contributed by atoms with van der Waals surface area (Å²) in [5.74, 6) is 0. The Balaban J connectivity index is 2.78. The van der Waals surface area contributed by atoms with Crippen molar-refractivity contribution in [2.45, 2.75) is 19.0 Å². The van der Waals surface area contributed by atoms with Crippen molar-refractivity contribution >= 4 is 6.41 Å². The SMILES string of the molecule is O=CNC1=CC(C(F)(F)F)=CCC1. The number of halogens is 3. The number of nitrogens with one attached hydrogen (secondary N) is 1. The molecule has 0 aromatic heterocycles. The van der Waals surface area contributed by atoms with Crippen molar-refractivity contribution in [2.24, 2.45) is 0 Å². The average molecular weight is 191 g/mol. The van der Waals surface area contributed by atoms with E-state index < -0.39 is 11.7 Å². The van der Waals surface area contributed by atoms with E-state index in [1.54, 1.807) is 0 Å². The third-order valence-electron chi connectivity index (χ3n) is 1.68. The van der Waals surface area contributed by atoms with E-state index in [1.807, 2.05) is 0 Å². The van der Waals surface area contributed by atoms with Crippen molar-refractivity contribution in [2.75, 3.05) is 0 Å². The second-order valence-corrected chi connectivity index (χ2v) is 2.63. The lowest BCUT2D eigenvalue weighted by molar-refractivity contribution is -0.109. The Kier molecular flexibility index (Phi) is 2.75. The summed E-state index contributed by atoms with van der Waals surface area (Å²) in [7, 11) is 0. The minimum atomic E-state index is -4.32. The Morgan fingerprint density at radius 1 is 1.46 bits per heavy atom. The van der Waals surface area contributed by atoms with E-state index in [0.717, 1.165) is 12.2 Å². The Morgan fingerprint density at radius 3 is 2.69 bits per heavy atom. The molecule has 0 aromatic rings. The molecule has 0 aromatic carbocycles. The van der Waals surface area contributed by atoms with Crippen molar-refractivity contribution < 1.29 is 18.0 Å². The maximum absolute atomic E-state index is 12.1. The molecule has 1 amide bonds. The molecule has 1 rings (SSSR count). The molecule has 0 heterocycles. The second-order valence-electron chi connectivity index (χ2n) is 2.63. The van der Waals surface area contributed by atoms with Gasteiger partial charge in [0.1, 0.15) is 0 Å². The van der Waals surface area contributed by atoms with E-state index in [2.05, 4.69) is 5.32 Å². The highest BCUT2D eigenvalue weighted by Gasteiger charge is 2.32. The highest BCUT2D eigenvalue weighted by Crippen LogP contribution is 2.30. The zero-order chi connectivity index (χ0) is 9.90. The van der Waals surface area contributed by atoms with Crippen LogP contribution in [0.1, 0.15) is 12.8 Å². The Morgan fingerprint density at radius 2 is 2.15 bits per heavy atom. The Labute approximate surface area is 73.1 Å². The molecule has 0 aliphatic heterocycles. The maximum Gasteiger partial charge on any atom is 0.416 e. The van der Waals surface area contributed by atoms with E-state index in [9.17, 15) is 18.0 Å². The number of carbonyl (C=O) groups is 1. The van der Waals surface area contributed by atoms with Crippen LogP contribution in [0.25, 0.3) is 0 Å². The van der Waals surface area contributed by atoms with Gasteiger partial charge in [0.25, 0.3) is 0 Å². The third kappa shape index (κ3) is 2.61.